The van der Waals surface area contributed by atoms with Crippen LogP contribution in [0.3, 0.4) is 0 Å². The van der Waals surface area contributed by atoms with Gasteiger partial charge in [0.2, 0.25) is 0 Å². The molecule has 0 aromatic heterocycles. The fourth-order valence-corrected chi connectivity index (χ4v) is 1.98. The van der Waals surface area contributed by atoms with Crippen molar-refractivity contribution in [3.05, 3.63) is 70.8 Å². The van der Waals surface area contributed by atoms with Gasteiger partial charge in [-0.1, -0.05) is 41.4 Å². The Morgan fingerprint density at radius 3 is 2.61 bits per heavy atom. The van der Waals surface area contributed by atoms with E-state index < -0.39 is 11.9 Å². The van der Waals surface area contributed by atoms with E-state index in [2.05, 4.69) is 5.32 Å². The summed E-state index contributed by atoms with van der Waals surface area (Å²) in [6.07, 6.45) is 2.94. The van der Waals surface area contributed by atoms with Crippen LogP contribution in [0.2, 0.25) is 5.02 Å². The third-order valence-electron chi connectivity index (χ3n) is 2.93. The maximum absolute atomic E-state index is 11.7. The van der Waals surface area contributed by atoms with Gasteiger partial charge in [-0.2, -0.15) is 0 Å². The van der Waals surface area contributed by atoms with Crippen molar-refractivity contribution in [1.29, 1.82) is 0 Å². The number of nitrogens with one attached hydrogen (secondary N) is 1. The molecule has 0 unspecified atom stereocenters. The summed E-state index contributed by atoms with van der Waals surface area (Å²) in [5, 5.41) is 3.19. The van der Waals surface area contributed by atoms with Crippen LogP contribution < -0.4 is 5.32 Å². The maximum Gasteiger partial charge on any atom is 0.331 e. The second-order valence-electron chi connectivity index (χ2n) is 4.91. The van der Waals surface area contributed by atoms with Crippen LogP contribution in [-0.2, 0) is 14.3 Å². The first-order chi connectivity index (χ1) is 11.0. The highest BCUT2D eigenvalue weighted by Crippen LogP contribution is 2.13. The van der Waals surface area contributed by atoms with Crippen LogP contribution in [0.25, 0.3) is 6.08 Å². The highest BCUT2D eigenvalue weighted by molar-refractivity contribution is 6.30. The van der Waals surface area contributed by atoms with Crippen LogP contribution >= 0.6 is 11.6 Å². The zero-order valence-electron chi connectivity index (χ0n) is 12.6. The van der Waals surface area contributed by atoms with Crippen LogP contribution in [0, 0.1) is 6.92 Å². The summed E-state index contributed by atoms with van der Waals surface area (Å²) in [5.74, 6) is -0.984. The molecule has 0 spiro atoms. The Labute approximate surface area is 139 Å². The lowest BCUT2D eigenvalue weighted by Crippen LogP contribution is -2.20. The number of carbonyl (C=O) groups excluding carboxylic acids is 2. The van der Waals surface area contributed by atoms with E-state index >= 15 is 0 Å². The van der Waals surface area contributed by atoms with E-state index in [0.29, 0.717) is 10.7 Å². The maximum atomic E-state index is 11.7. The molecule has 0 aliphatic heterocycles. The Kier molecular flexibility index (Phi) is 5.94. The smallest absolute Gasteiger partial charge is 0.331 e. The van der Waals surface area contributed by atoms with Gasteiger partial charge in [0.05, 0.1) is 0 Å². The highest BCUT2D eigenvalue weighted by atomic mass is 35.5. The lowest BCUT2D eigenvalue weighted by Gasteiger charge is -2.05. The Morgan fingerprint density at radius 1 is 1.17 bits per heavy atom. The number of anilines is 1. The van der Waals surface area contributed by atoms with Gasteiger partial charge < -0.3 is 10.1 Å². The molecule has 0 saturated carbocycles. The monoisotopic (exact) mass is 329 g/mol. The molecular formula is C18H16ClNO3. The number of carbonyl (C=O) groups is 2. The number of halogens is 1. The molecule has 2 aromatic carbocycles. The fraction of sp³-hybridized carbons (Fsp3) is 0.111. The van der Waals surface area contributed by atoms with Gasteiger partial charge >= 0.3 is 5.97 Å². The molecule has 0 fully saturated rings. The molecule has 0 aliphatic rings. The van der Waals surface area contributed by atoms with Crippen molar-refractivity contribution in [2.24, 2.45) is 0 Å². The number of hydrogen-bond donors (Lipinski definition) is 1. The average molecular weight is 330 g/mol. The summed E-state index contributed by atoms with van der Waals surface area (Å²) in [4.78, 5) is 23.3. The first-order valence-electron chi connectivity index (χ1n) is 7.00. The Balaban J connectivity index is 1.79. The van der Waals surface area contributed by atoms with E-state index in [1.54, 1.807) is 30.3 Å². The number of aryl methyl sites for hydroxylation is 1. The van der Waals surface area contributed by atoms with Gasteiger partial charge in [-0.25, -0.2) is 4.79 Å². The van der Waals surface area contributed by atoms with E-state index in [9.17, 15) is 9.59 Å². The molecule has 4 nitrogen and oxygen atoms in total. The number of rotatable bonds is 5. The summed E-state index contributed by atoms with van der Waals surface area (Å²) in [6.45, 7) is 1.62. The molecule has 2 aromatic rings. The van der Waals surface area contributed by atoms with Crippen molar-refractivity contribution in [1.82, 2.24) is 0 Å². The van der Waals surface area contributed by atoms with Crippen molar-refractivity contribution in [2.45, 2.75) is 6.92 Å². The van der Waals surface area contributed by atoms with Gasteiger partial charge in [0.1, 0.15) is 0 Å². The minimum Gasteiger partial charge on any atom is -0.452 e. The third kappa shape index (κ3) is 5.96. The van der Waals surface area contributed by atoms with Gasteiger partial charge in [-0.15, -0.1) is 0 Å². The largest absolute Gasteiger partial charge is 0.452 e. The molecule has 0 radical (unpaired) electrons. The van der Waals surface area contributed by atoms with Crippen LogP contribution in [0.15, 0.2) is 54.6 Å². The van der Waals surface area contributed by atoms with E-state index in [1.807, 2.05) is 31.2 Å². The van der Waals surface area contributed by atoms with Crippen LogP contribution in [0.1, 0.15) is 11.1 Å². The van der Waals surface area contributed by atoms with E-state index in [4.69, 9.17) is 16.3 Å². The zero-order chi connectivity index (χ0) is 16.7. The predicted octanol–water partition coefficient (Wildman–Crippen LogP) is 3.84. The van der Waals surface area contributed by atoms with Crippen molar-refractivity contribution in [3.8, 4) is 0 Å². The summed E-state index contributed by atoms with van der Waals surface area (Å²) < 4.78 is 4.89. The van der Waals surface area contributed by atoms with E-state index in [0.717, 1.165) is 11.1 Å². The fourth-order valence-electron chi connectivity index (χ4n) is 1.85. The van der Waals surface area contributed by atoms with Gasteiger partial charge in [0, 0.05) is 16.8 Å². The Hall–Kier alpha value is -2.59. The number of amides is 1. The number of benzene rings is 2. The van der Waals surface area contributed by atoms with Crippen molar-refractivity contribution in [2.75, 3.05) is 11.9 Å². The highest BCUT2D eigenvalue weighted by Gasteiger charge is 2.05. The molecule has 23 heavy (non-hydrogen) atoms. The molecule has 1 amide bonds. The number of hydrogen-bond acceptors (Lipinski definition) is 3. The summed E-state index contributed by atoms with van der Waals surface area (Å²) in [6, 6.07) is 14.3. The zero-order valence-corrected chi connectivity index (χ0v) is 13.3. The van der Waals surface area contributed by atoms with Gasteiger partial charge in [-0.3, -0.25) is 4.79 Å². The van der Waals surface area contributed by atoms with Gasteiger partial charge in [-0.05, 0) is 42.8 Å². The Bertz CT molecular complexity index is 723. The minimum atomic E-state index is -0.572. The second kappa shape index (κ2) is 8.15. The lowest BCUT2D eigenvalue weighted by atomic mass is 10.1. The number of ether oxygens (including phenoxy) is 1. The first kappa shape index (κ1) is 16.8. The van der Waals surface area contributed by atoms with Crippen LogP contribution in [0.5, 0.6) is 0 Å². The van der Waals surface area contributed by atoms with E-state index in [1.165, 1.54) is 6.08 Å². The molecule has 0 saturated heterocycles. The topological polar surface area (TPSA) is 55.4 Å². The normalized spacial score (nSPS) is 10.5. The van der Waals surface area contributed by atoms with Gasteiger partial charge in [0.25, 0.3) is 5.91 Å². The minimum absolute atomic E-state index is 0.348. The molecule has 2 rings (SSSR count). The van der Waals surface area contributed by atoms with Crippen LogP contribution in [-0.4, -0.2) is 18.5 Å². The van der Waals surface area contributed by atoms with Crippen molar-refractivity contribution in [3.63, 3.8) is 0 Å². The predicted molar refractivity (Wildman–Crippen MR) is 91.3 cm³/mol. The van der Waals surface area contributed by atoms with Crippen LogP contribution in [0.4, 0.5) is 5.69 Å². The average Bonchev–Trinajstić information content (AvgIpc) is 2.53. The molecule has 0 bridgehead atoms. The summed E-state index contributed by atoms with van der Waals surface area (Å²) in [5.41, 5.74) is 2.58. The molecule has 0 atom stereocenters. The molecule has 5 heteroatoms. The summed E-state index contributed by atoms with van der Waals surface area (Å²) in [7, 11) is 0. The molecular weight excluding hydrogens is 314 g/mol. The molecule has 0 aliphatic carbocycles. The number of esters is 1. The summed E-state index contributed by atoms with van der Waals surface area (Å²) >= 11 is 5.76. The van der Waals surface area contributed by atoms with Crippen molar-refractivity contribution >= 4 is 35.2 Å². The van der Waals surface area contributed by atoms with E-state index in [-0.39, 0.29) is 6.61 Å². The quantitative estimate of drug-likeness (QED) is 0.669. The van der Waals surface area contributed by atoms with Gasteiger partial charge in [0.15, 0.2) is 6.61 Å². The molecule has 0 heterocycles. The third-order valence-corrected chi connectivity index (χ3v) is 3.18. The standard InChI is InChI=1S/C18H16ClNO3/c1-13-3-2-4-14(11-13)5-10-18(22)23-12-17(21)20-16-8-6-15(19)7-9-16/h2-11H,12H2,1H3,(H,20,21)/b10-5+. The SMILES string of the molecule is Cc1cccc(/C=C/C(=O)OCC(=O)Nc2ccc(Cl)cc2)c1. The van der Waals surface area contributed by atoms with Crippen molar-refractivity contribution < 1.29 is 14.3 Å². The Morgan fingerprint density at radius 2 is 1.91 bits per heavy atom. The molecule has 1 N–H and O–H groups in total. The lowest BCUT2D eigenvalue weighted by molar-refractivity contribution is -0.142. The first-order valence-corrected chi connectivity index (χ1v) is 7.37. The molecule has 118 valence electrons. The second-order valence-corrected chi connectivity index (χ2v) is 5.35.